The smallest absolute Gasteiger partial charge is 0.266 e. The zero-order chi connectivity index (χ0) is 28.4. The number of amides is 1. The Morgan fingerprint density at radius 3 is 2.40 bits per heavy atom. The molecule has 4 aromatic rings. The molecule has 3 aromatic carbocycles. The van der Waals surface area contributed by atoms with Crippen LogP contribution in [0.25, 0.3) is 21.2 Å². The van der Waals surface area contributed by atoms with E-state index >= 15 is 0 Å². The van der Waals surface area contributed by atoms with Gasteiger partial charge in [-0.1, -0.05) is 29.8 Å². The summed E-state index contributed by atoms with van der Waals surface area (Å²) in [6.45, 7) is 0.254. The highest BCUT2D eigenvalue weighted by Crippen LogP contribution is 2.40. The van der Waals surface area contributed by atoms with Crippen LogP contribution in [0.5, 0.6) is 11.5 Å². The number of nitrogens with zero attached hydrogens (tertiary/aromatic N) is 1. The minimum Gasteiger partial charge on any atom is -0.497 e. The monoisotopic (exact) mass is 584 g/mol. The van der Waals surface area contributed by atoms with Crippen molar-refractivity contribution in [2.24, 2.45) is 0 Å². The van der Waals surface area contributed by atoms with E-state index in [2.05, 4.69) is 5.32 Å². The Morgan fingerprint density at radius 1 is 1.00 bits per heavy atom. The lowest BCUT2D eigenvalue weighted by Crippen LogP contribution is -2.44. The Hall–Kier alpha value is -3.20. The number of hydrogen-bond donors (Lipinski definition) is 1. The highest BCUT2D eigenvalue weighted by molar-refractivity contribution is 7.21. The first-order valence-corrected chi connectivity index (χ1v) is 14.4. The van der Waals surface area contributed by atoms with Crippen molar-refractivity contribution in [1.29, 1.82) is 0 Å². The quantitative estimate of drug-likeness (QED) is 0.231. The standard InChI is InChI=1S/C31H31ClF2N2O3S/c1-35-21-8-10-22(11-9-21)36(31(37)30-28(32)27-24(33)12-13-25(34)29(27)40-30)17-20-15-19(7-14-26(20)39-3)18-5-4-6-23(16-18)38-2/h4-7,12-16,21-22,35H,8-11,17H2,1-3H3. The molecule has 0 bridgehead atoms. The van der Waals surface area contributed by atoms with Crippen molar-refractivity contribution in [3.05, 3.63) is 81.7 Å². The van der Waals surface area contributed by atoms with Gasteiger partial charge >= 0.3 is 0 Å². The number of carbonyl (C=O) groups is 1. The summed E-state index contributed by atoms with van der Waals surface area (Å²) in [5.41, 5.74) is 2.74. The van der Waals surface area contributed by atoms with E-state index in [1.165, 1.54) is 0 Å². The van der Waals surface area contributed by atoms with E-state index in [1.807, 2.05) is 49.5 Å². The molecule has 5 nitrogen and oxygen atoms in total. The molecular weight excluding hydrogens is 554 g/mol. The topological polar surface area (TPSA) is 50.8 Å². The van der Waals surface area contributed by atoms with Crippen molar-refractivity contribution in [3.8, 4) is 22.6 Å². The maximum Gasteiger partial charge on any atom is 0.266 e. The van der Waals surface area contributed by atoms with Crippen LogP contribution >= 0.6 is 22.9 Å². The van der Waals surface area contributed by atoms with E-state index in [1.54, 1.807) is 19.1 Å². The third kappa shape index (κ3) is 5.53. The maximum atomic E-state index is 14.6. The van der Waals surface area contributed by atoms with Gasteiger partial charge in [-0.05, 0) is 80.3 Å². The van der Waals surface area contributed by atoms with Crippen LogP contribution in [0.2, 0.25) is 5.02 Å². The fourth-order valence-electron chi connectivity index (χ4n) is 5.48. The molecule has 0 aliphatic heterocycles. The second kappa shape index (κ2) is 12.1. The van der Waals surface area contributed by atoms with Gasteiger partial charge in [0.05, 0.1) is 29.3 Å². The summed E-state index contributed by atoms with van der Waals surface area (Å²) in [6.07, 6.45) is 3.41. The van der Waals surface area contributed by atoms with E-state index in [9.17, 15) is 13.6 Å². The molecule has 1 aromatic heterocycles. The molecule has 1 heterocycles. The molecule has 1 N–H and O–H groups in total. The highest BCUT2D eigenvalue weighted by atomic mass is 35.5. The van der Waals surface area contributed by atoms with Gasteiger partial charge in [-0.2, -0.15) is 0 Å². The molecule has 0 atom stereocenters. The van der Waals surface area contributed by atoms with E-state index in [-0.39, 0.29) is 38.5 Å². The summed E-state index contributed by atoms with van der Waals surface area (Å²) in [5.74, 6) is -0.201. The zero-order valence-electron chi connectivity index (χ0n) is 22.6. The Kier molecular flexibility index (Phi) is 8.59. The van der Waals surface area contributed by atoms with E-state index < -0.39 is 11.6 Å². The van der Waals surface area contributed by atoms with Crippen molar-refractivity contribution in [2.75, 3.05) is 21.3 Å². The van der Waals surface area contributed by atoms with E-state index in [0.717, 1.165) is 71.6 Å². The largest absolute Gasteiger partial charge is 0.497 e. The fraction of sp³-hybridized carbons (Fsp3) is 0.323. The molecule has 0 spiro atoms. The SMILES string of the molecule is CNC1CCC(N(Cc2cc(-c3cccc(OC)c3)ccc2OC)C(=O)c2sc3c(F)ccc(F)c3c2Cl)CC1. The number of carbonyl (C=O) groups excluding carboxylic acids is 1. The Morgan fingerprint density at radius 2 is 1.73 bits per heavy atom. The first kappa shape index (κ1) is 28.3. The molecule has 40 heavy (non-hydrogen) atoms. The van der Waals surface area contributed by atoms with Crippen LogP contribution < -0.4 is 14.8 Å². The van der Waals surface area contributed by atoms with Crippen LogP contribution in [-0.4, -0.2) is 44.2 Å². The average molecular weight is 585 g/mol. The first-order chi connectivity index (χ1) is 19.3. The number of thiophene rings is 1. The summed E-state index contributed by atoms with van der Waals surface area (Å²) in [6, 6.07) is 16.0. The number of fused-ring (bicyclic) bond motifs is 1. The van der Waals surface area contributed by atoms with Crippen LogP contribution in [0.1, 0.15) is 40.9 Å². The third-order valence-electron chi connectivity index (χ3n) is 7.71. The molecule has 1 amide bonds. The molecule has 0 radical (unpaired) electrons. The van der Waals surface area contributed by atoms with E-state index in [4.69, 9.17) is 21.1 Å². The molecule has 9 heteroatoms. The van der Waals surface area contributed by atoms with Crippen LogP contribution in [-0.2, 0) is 6.54 Å². The van der Waals surface area contributed by atoms with Gasteiger partial charge in [-0.25, -0.2) is 8.78 Å². The van der Waals surface area contributed by atoms with Gasteiger partial charge < -0.3 is 19.7 Å². The number of halogens is 3. The highest BCUT2D eigenvalue weighted by Gasteiger charge is 2.33. The van der Waals surface area contributed by atoms with Crippen molar-refractivity contribution in [1.82, 2.24) is 10.2 Å². The van der Waals surface area contributed by atoms with Gasteiger partial charge in [0.2, 0.25) is 0 Å². The maximum absolute atomic E-state index is 14.6. The van der Waals surface area contributed by atoms with Crippen LogP contribution in [0.3, 0.4) is 0 Å². The molecule has 0 saturated heterocycles. The fourth-order valence-corrected chi connectivity index (χ4v) is 6.98. The lowest BCUT2D eigenvalue weighted by atomic mass is 9.89. The summed E-state index contributed by atoms with van der Waals surface area (Å²) < 4.78 is 40.4. The first-order valence-electron chi connectivity index (χ1n) is 13.2. The minimum absolute atomic E-state index is 0.0461. The van der Waals surface area contributed by atoms with Crippen molar-refractivity contribution >= 4 is 38.9 Å². The second-order valence-electron chi connectivity index (χ2n) is 9.96. The predicted molar refractivity (Wildman–Crippen MR) is 157 cm³/mol. The number of ether oxygens (including phenoxy) is 2. The Labute approximate surface area is 241 Å². The Bertz CT molecular complexity index is 1530. The van der Waals surface area contributed by atoms with Crippen molar-refractivity contribution in [2.45, 2.75) is 44.3 Å². The zero-order valence-corrected chi connectivity index (χ0v) is 24.2. The van der Waals surface area contributed by atoms with Gasteiger partial charge in [0, 0.05) is 24.2 Å². The molecular formula is C31H31ClF2N2O3S. The molecule has 1 fully saturated rings. The number of rotatable bonds is 8. The van der Waals surface area contributed by atoms with Gasteiger partial charge in [-0.3, -0.25) is 4.79 Å². The second-order valence-corrected chi connectivity index (χ2v) is 11.4. The molecule has 0 unspecified atom stereocenters. The Balaban J connectivity index is 1.56. The normalized spacial score (nSPS) is 17.1. The number of hydrogen-bond acceptors (Lipinski definition) is 5. The van der Waals surface area contributed by atoms with Gasteiger partial charge in [0.15, 0.2) is 0 Å². The molecule has 1 aliphatic carbocycles. The molecule has 1 saturated carbocycles. The lowest BCUT2D eigenvalue weighted by molar-refractivity contribution is 0.0604. The lowest BCUT2D eigenvalue weighted by Gasteiger charge is -2.37. The van der Waals surface area contributed by atoms with E-state index in [0.29, 0.717) is 11.8 Å². The summed E-state index contributed by atoms with van der Waals surface area (Å²) in [7, 11) is 5.17. The molecule has 5 rings (SSSR count). The van der Waals surface area contributed by atoms with Crippen molar-refractivity contribution in [3.63, 3.8) is 0 Å². The minimum atomic E-state index is -0.648. The number of methoxy groups -OCH3 is 2. The van der Waals surface area contributed by atoms with Gasteiger partial charge in [0.1, 0.15) is 28.0 Å². The number of benzene rings is 3. The van der Waals surface area contributed by atoms with Crippen LogP contribution in [0, 0.1) is 11.6 Å². The molecule has 210 valence electrons. The summed E-state index contributed by atoms with van der Waals surface area (Å²) in [4.78, 5) is 16.1. The average Bonchev–Trinajstić information content (AvgIpc) is 3.35. The molecule has 1 aliphatic rings. The number of nitrogens with one attached hydrogen (secondary N) is 1. The van der Waals surface area contributed by atoms with Gasteiger partial charge in [-0.15, -0.1) is 11.3 Å². The third-order valence-corrected chi connectivity index (χ3v) is 9.38. The van der Waals surface area contributed by atoms with Crippen molar-refractivity contribution < 1.29 is 23.0 Å². The summed E-state index contributed by atoms with van der Waals surface area (Å²) in [5, 5.41) is 3.23. The predicted octanol–water partition coefficient (Wildman–Crippen LogP) is 7.69. The van der Waals surface area contributed by atoms with Crippen LogP contribution in [0.4, 0.5) is 8.78 Å². The van der Waals surface area contributed by atoms with Crippen LogP contribution in [0.15, 0.2) is 54.6 Å². The van der Waals surface area contributed by atoms with Gasteiger partial charge in [0.25, 0.3) is 5.91 Å². The summed E-state index contributed by atoms with van der Waals surface area (Å²) >= 11 is 7.46.